The van der Waals surface area contributed by atoms with E-state index in [-0.39, 0.29) is 0 Å². The van der Waals surface area contributed by atoms with Crippen molar-refractivity contribution in [3.05, 3.63) is 22.7 Å². The number of ether oxygens (including phenoxy) is 1. The number of nitrogens with one attached hydrogen (secondary N) is 2. The number of halogens is 1. The van der Waals surface area contributed by atoms with Crippen LogP contribution < -0.4 is 21.3 Å². The fourth-order valence-corrected chi connectivity index (χ4v) is 1.24. The van der Waals surface area contributed by atoms with Crippen LogP contribution in [0.1, 0.15) is 5.56 Å². The van der Waals surface area contributed by atoms with Crippen LogP contribution in [-0.2, 0) is 0 Å². The SMILES string of the molecule is COc1cc(C)c(Cl)cc1NC(=O)NN. The molecule has 2 amide bonds. The quantitative estimate of drug-likeness (QED) is 0.410. The number of hydrogen-bond donors (Lipinski definition) is 3. The molecule has 4 N–H and O–H groups in total. The lowest BCUT2D eigenvalue weighted by Gasteiger charge is -2.11. The maximum atomic E-state index is 11.0. The van der Waals surface area contributed by atoms with Gasteiger partial charge in [0.25, 0.3) is 0 Å². The number of aryl methyl sites for hydroxylation is 1. The number of hydrogen-bond acceptors (Lipinski definition) is 3. The predicted molar refractivity (Wildman–Crippen MR) is 59.1 cm³/mol. The van der Waals surface area contributed by atoms with Crippen molar-refractivity contribution in [3.8, 4) is 5.75 Å². The van der Waals surface area contributed by atoms with Crippen LogP contribution in [0.5, 0.6) is 5.75 Å². The third-order valence-corrected chi connectivity index (χ3v) is 2.27. The van der Waals surface area contributed by atoms with Crippen molar-refractivity contribution < 1.29 is 9.53 Å². The number of methoxy groups -OCH3 is 1. The molecule has 15 heavy (non-hydrogen) atoms. The van der Waals surface area contributed by atoms with Gasteiger partial charge in [-0.2, -0.15) is 0 Å². The number of nitrogens with two attached hydrogens (primary N) is 1. The fourth-order valence-electron chi connectivity index (χ4n) is 1.08. The normalized spacial score (nSPS) is 9.60. The van der Waals surface area contributed by atoms with Gasteiger partial charge in [0, 0.05) is 5.02 Å². The molecule has 0 spiro atoms. The lowest BCUT2D eigenvalue weighted by atomic mass is 10.2. The third kappa shape index (κ3) is 2.74. The van der Waals surface area contributed by atoms with Gasteiger partial charge in [-0.25, -0.2) is 10.6 Å². The van der Waals surface area contributed by atoms with Gasteiger partial charge in [0.2, 0.25) is 0 Å². The number of urea groups is 1. The Kier molecular flexibility index (Phi) is 3.76. The van der Waals surface area contributed by atoms with Crippen LogP contribution in [0.15, 0.2) is 12.1 Å². The number of carbonyl (C=O) groups is 1. The van der Waals surface area contributed by atoms with Crippen molar-refractivity contribution in [2.24, 2.45) is 5.84 Å². The van der Waals surface area contributed by atoms with E-state index in [2.05, 4.69) is 5.32 Å². The molecule has 82 valence electrons. The van der Waals surface area contributed by atoms with Gasteiger partial charge in [-0.3, -0.25) is 5.43 Å². The molecule has 0 saturated carbocycles. The van der Waals surface area contributed by atoms with Gasteiger partial charge in [-0.15, -0.1) is 0 Å². The average Bonchev–Trinajstić information content (AvgIpc) is 2.22. The maximum absolute atomic E-state index is 11.0. The van der Waals surface area contributed by atoms with E-state index in [0.717, 1.165) is 5.56 Å². The second-order valence-electron chi connectivity index (χ2n) is 2.90. The highest BCUT2D eigenvalue weighted by atomic mass is 35.5. The molecule has 0 bridgehead atoms. The molecular weight excluding hydrogens is 218 g/mol. The summed E-state index contributed by atoms with van der Waals surface area (Å²) in [6.45, 7) is 1.84. The van der Waals surface area contributed by atoms with E-state index in [9.17, 15) is 4.79 Å². The molecule has 0 heterocycles. The van der Waals surface area contributed by atoms with Gasteiger partial charge in [-0.1, -0.05) is 11.6 Å². The smallest absolute Gasteiger partial charge is 0.333 e. The highest BCUT2D eigenvalue weighted by Crippen LogP contribution is 2.30. The number of hydrazine groups is 1. The first-order valence-electron chi connectivity index (χ1n) is 4.20. The van der Waals surface area contributed by atoms with Crippen LogP contribution in [0.3, 0.4) is 0 Å². The molecule has 0 aliphatic carbocycles. The van der Waals surface area contributed by atoms with Crippen molar-refractivity contribution in [3.63, 3.8) is 0 Å². The van der Waals surface area contributed by atoms with Crippen LogP contribution in [0.4, 0.5) is 10.5 Å². The average molecular weight is 230 g/mol. The topological polar surface area (TPSA) is 76.4 Å². The Morgan fingerprint density at radius 2 is 2.20 bits per heavy atom. The number of benzene rings is 1. The first-order valence-corrected chi connectivity index (χ1v) is 4.58. The van der Waals surface area contributed by atoms with Crippen molar-refractivity contribution in [2.45, 2.75) is 6.92 Å². The molecule has 0 aliphatic heterocycles. The van der Waals surface area contributed by atoms with Crippen LogP contribution >= 0.6 is 11.6 Å². The fraction of sp³-hybridized carbons (Fsp3) is 0.222. The van der Waals surface area contributed by atoms with Gasteiger partial charge in [0.05, 0.1) is 12.8 Å². The standard InChI is InChI=1S/C9H12ClN3O2/c1-5-3-8(15-2)7(4-6(5)10)12-9(14)13-11/h3-4H,11H2,1-2H3,(H2,12,13,14). The van der Waals surface area contributed by atoms with Gasteiger partial charge >= 0.3 is 6.03 Å². The van der Waals surface area contributed by atoms with Crippen LogP contribution in [0.25, 0.3) is 0 Å². The molecule has 0 saturated heterocycles. The molecule has 0 fully saturated rings. The number of rotatable bonds is 2. The van der Waals surface area contributed by atoms with Gasteiger partial charge in [0.15, 0.2) is 0 Å². The summed E-state index contributed by atoms with van der Waals surface area (Å²) in [5.41, 5.74) is 3.29. The van der Waals surface area contributed by atoms with Gasteiger partial charge in [-0.05, 0) is 24.6 Å². The Balaban J connectivity index is 3.05. The van der Waals surface area contributed by atoms with Crippen molar-refractivity contribution in [1.82, 2.24) is 5.43 Å². The summed E-state index contributed by atoms with van der Waals surface area (Å²) in [5, 5.41) is 3.04. The zero-order chi connectivity index (χ0) is 11.4. The molecule has 0 atom stereocenters. The molecule has 0 aliphatic rings. The Labute approximate surface area is 92.5 Å². The minimum absolute atomic E-state index is 0.469. The number of amides is 2. The Morgan fingerprint density at radius 3 is 2.73 bits per heavy atom. The van der Waals surface area contributed by atoms with Gasteiger partial charge < -0.3 is 10.1 Å². The lowest BCUT2D eigenvalue weighted by Crippen LogP contribution is -2.34. The van der Waals surface area contributed by atoms with Crippen molar-refractivity contribution in [2.75, 3.05) is 12.4 Å². The number of carbonyl (C=O) groups excluding carboxylic acids is 1. The molecule has 1 rings (SSSR count). The zero-order valence-electron chi connectivity index (χ0n) is 8.43. The van der Waals surface area contributed by atoms with Crippen LogP contribution in [0, 0.1) is 6.92 Å². The molecule has 6 heteroatoms. The molecule has 0 aromatic heterocycles. The first-order chi connectivity index (χ1) is 7.08. The first kappa shape index (κ1) is 11.6. The highest BCUT2D eigenvalue weighted by Gasteiger charge is 2.08. The van der Waals surface area contributed by atoms with E-state index in [1.807, 2.05) is 12.3 Å². The summed E-state index contributed by atoms with van der Waals surface area (Å²) in [5.74, 6) is 5.47. The minimum atomic E-state index is -0.534. The lowest BCUT2D eigenvalue weighted by molar-refractivity contribution is 0.252. The summed E-state index contributed by atoms with van der Waals surface area (Å²) in [7, 11) is 1.51. The van der Waals surface area contributed by atoms with E-state index in [1.54, 1.807) is 12.1 Å². The summed E-state index contributed by atoms with van der Waals surface area (Å²) in [6, 6.07) is 2.80. The van der Waals surface area contributed by atoms with Crippen molar-refractivity contribution in [1.29, 1.82) is 0 Å². The molecule has 0 unspecified atom stereocenters. The largest absolute Gasteiger partial charge is 0.495 e. The summed E-state index contributed by atoms with van der Waals surface area (Å²) in [4.78, 5) is 11.0. The third-order valence-electron chi connectivity index (χ3n) is 1.86. The summed E-state index contributed by atoms with van der Waals surface area (Å²) in [6.07, 6.45) is 0. The van der Waals surface area contributed by atoms with Crippen LogP contribution in [-0.4, -0.2) is 13.1 Å². The summed E-state index contributed by atoms with van der Waals surface area (Å²) < 4.78 is 5.08. The van der Waals surface area contributed by atoms with E-state index < -0.39 is 6.03 Å². The summed E-state index contributed by atoms with van der Waals surface area (Å²) >= 11 is 5.91. The van der Waals surface area contributed by atoms with Gasteiger partial charge in [0.1, 0.15) is 5.75 Å². The highest BCUT2D eigenvalue weighted by molar-refractivity contribution is 6.31. The molecule has 1 aromatic carbocycles. The van der Waals surface area contributed by atoms with E-state index in [0.29, 0.717) is 16.5 Å². The molecular formula is C9H12ClN3O2. The van der Waals surface area contributed by atoms with Crippen molar-refractivity contribution >= 4 is 23.3 Å². The number of anilines is 1. The minimum Gasteiger partial charge on any atom is -0.495 e. The monoisotopic (exact) mass is 229 g/mol. The Hall–Kier alpha value is -1.46. The maximum Gasteiger partial charge on any atom is 0.333 e. The second kappa shape index (κ2) is 4.86. The van der Waals surface area contributed by atoms with Crippen LogP contribution in [0.2, 0.25) is 5.02 Å². The Bertz CT molecular complexity index is 382. The zero-order valence-corrected chi connectivity index (χ0v) is 9.18. The predicted octanol–water partition coefficient (Wildman–Crippen LogP) is 1.65. The molecule has 1 aromatic rings. The van der Waals surface area contributed by atoms with E-state index >= 15 is 0 Å². The van der Waals surface area contributed by atoms with E-state index in [1.165, 1.54) is 7.11 Å². The second-order valence-corrected chi connectivity index (χ2v) is 3.31. The Morgan fingerprint density at radius 1 is 1.53 bits per heavy atom. The molecule has 5 nitrogen and oxygen atoms in total. The van der Waals surface area contributed by atoms with E-state index in [4.69, 9.17) is 22.2 Å². The molecule has 0 radical (unpaired) electrons.